The lowest BCUT2D eigenvalue weighted by Gasteiger charge is -2.17. The van der Waals surface area contributed by atoms with Crippen molar-refractivity contribution >= 4 is 0 Å². The molecule has 0 amide bonds. The summed E-state index contributed by atoms with van der Waals surface area (Å²) in [5.41, 5.74) is 0.672. The first-order chi connectivity index (χ1) is 5.00. The fourth-order valence-corrected chi connectivity index (χ4v) is 0.851. The molecule has 0 saturated heterocycles. The standard InChI is InChI=1S/C9H16O2/c1-5-8(10)7(4)9(11)6(2)3/h5,7,9-11H,2H2,1,3-4H3. The smallest absolute Gasteiger partial charge is 0.0937 e. The van der Waals surface area contributed by atoms with Crippen LogP contribution in [-0.4, -0.2) is 16.3 Å². The molecule has 0 aromatic rings. The van der Waals surface area contributed by atoms with Crippen molar-refractivity contribution in [1.82, 2.24) is 0 Å². The molecule has 11 heavy (non-hydrogen) atoms. The third kappa shape index (κ3) is 2.76. The van der Waals surface area contributed by atoms with Crippen LogP contribution >= 0.6 is 0 Å². The van der Waals surface area contributed by atoms with E-state index < -0.39 is 6.10 Å². The number of hydrogen-bond donors (Lipinski definition) is 2. The van der Waals surface area contributed by atoms with E-state index in [1.807, 2.05) is 0 Å². The van der Waals surface area contributed by atoms with E-state index in [0.29, 0.717) is 5.57 Å². The molecule has 0 spiro atoms. The van der Waals surface area contributed by atoms with Crippen molar-refractivity contribution in [3.05, 3.63) is 24.0 Å². The fraction of sp³-hybridized carbons (Fsp3) is 0.556. The molecule has 0 aromatic carbocycles. The third-order valence-electron chi connectivity index (χ3n) is 1.74. The second kappa shape index (κ2) is 4.19. The van der Waals surface area contributed by atoms with E-state index in [-0.39, 0.29) is 11.7 Å². The van der Waals surface area contributed by atoms with Gasteiger partial charge in [-0.2, -0.15) is 0 Å². The molecule has 2 heteroatoms. The van der Waals surface area contributed by atoms with E-state index in [4.69, 9.17) is 0 Å². The summed E-state index contributed by atoms with van der Waals surface area (Å²) < 4.78 is 0. The van der Waals surface area contributed by atoms with Crippen LogP contribution in [0.15, 0.2) is 24.0 Å². The summed E-state index contributed by atoms with van der Waals surface area (Å²) >= 11 is 0. The number of aliphatic hydroxyl groups is 2. The maximum Gasteiger partial charge on any atom is 0.0937 e. The Bertz CT molecular complexity index is 170. The zero-order valence-electron chi connectivity index (χ0n) is 7.33. The Balaban J connectivity index is 4.24. The van der Waals surface area contributed by atoms with Gasteiger partial charge in [0.1, 0.15) is 0 Å². The SMILES string of the molecule is C=C(C)C(O)C(C)C(O)=CC. The molecule has 2 unspecified atom stereocenters. The second-order valence-electron chi connectivity index (χ2n) is 2.79. The van der Waals surface area contributed by atoms with Gasteiger partial charge in [0, 0.05) is 5.92 Å². The molecule has 2 nitrogen and oxygen atoms in total. The Hall–Kier alpha value is -0.760. The quantitative estimate of drug-likeness (QED) is 0.485. The van der Waals surface area contributed by atoms with E-state index in [9.17, 15) is 10.2 Å². The monoisotopic (exact) mass is 156 g/mol. The molecular weight excluding hydrogens is 140 g/mol. The summed E-state index contributed by atoms with van der Waals surface area (Å²) in [6.45, 7) is 8.84. The van der Waals surface area contributed by atoms with Gasteiger partial charge in [0.15, 0.2) is 0 Å². The van der Waals surface area contributed by atoms with Crippen molar-refractivity contribution < 1.29 is 10.2 Å². The Morgan fingerprint density at radius 3 is 2.27 bits per heavy atom. The number of rotatable bonds is 3. The van der Waals surface area contributed by atoms with Crippen LogP contribution in [0.25, 0.3) is 0 Å². The van der Waals surface area contributed by atoms with Crippen molar-refractivity contribution in [3.63, 3.8) is 0 Å². The molecule has 0 aliphatic rings. The number of allylic oxidation sites excluding steroid dienone is 1. The predicted molar refractivity (Wildman–Crippen MR) is 46.4 cm³/mol. The topological polar surface area (TPSA) is 40.5 Å². The normalized spacial score (nSPS) is 17.6. The molecule has 0 bridgehead atoms. The summed E-state index contributed by atoms with van der Waals surface area (Å²) in [4.78, 5) is 0. The first-order valence-electron chi connectivity index (χ1n) is 3.69. The minimum atomic E-state index is -0.647. The highest BCUT2D eigenvalue weighted by molar-refractivity contribution is 5.07. The van der Waals surface area contributed by atoms with Gasteiger partial charge in [0.05, 0.1) is 11.9 Å². The number of hydrogen-bond acceptors (Lipinski definition) is 2. The summed E-state index contributed by atoms with van der Waals surface area (Å²) in [6, 6.07) is 0. The van der Waals surface area contributed by atoms with Gasteiger partial charge in [0.2, 0.25) is 0 Å². The first-order valence-corrected chi connectivity index (χ1v) is 3.69. The Kier molecular flexibility index (Phi) is 3.90. The van der Waals surface area contributed by atoms with Crippen LogP contribution in [0.5, 0.6) is 0 Å². The molecule has 0 heterocycles. The van der Waals surface area contributed by atoms with Gasteiger partial charge in [-0.3, -0.25) is 0 Å². The van der Waals surface area contributed by atoms with Gasteiger partial charge in [-0.25, -0.2) is 0 Å². The van der Waals surface area contributed by atoms with Crippen LogP contribution in [0.2, 0.25) is 0 Å². The zero-order chi connectivity index (χ0) is 9.02. The Morgan fingerprint density at radius 1 is 1.55 bits per heavy atom. The van der Waals surface area contributed by atoms with Crippen LogP contribution in [0.3, 0.4) is 0 Å². The minimum absolute atomic E-state index is 0.209. The Labute approximate surface area is 67.9 Å². The molecule has 0 radical (unpaired) electrons. The highest BCUT2D eigenvalue weighted by Crippen LogP contribution is 2.16. The van der Waals surface area contributed by atoms with Crippen molar-refractivity contribution in [3.8, 4) is 0 Å². The van der Waals surface area contributed by atoms with Gasteiger partial charge in [0.25, 0.3) is 0 Å². The number of aliphatic hydroxyl groups excluding tert-OH is 2. The lowest BCUT2D eigenvalue weighted by Crippen LogP contribution is -2.20. The largest absolute Gasteiger partial charge is 0.512 e. The molecule has 0 fully saturated rings. The molecule has 0 saturated carbocycles. The molecular formula is C9H16O2. The van der Waals surface area contributed by atoms with Crippen LogP contribution in [-0.2, 0) is 0 Å². The lowest BCUT2D eigenvalue weighted by molar-refractivity contribution is 0.141. The van der Waals surface area contributed by atoms with E-state index >= 15 is 0 Å². The molecule has 0 aliphatic heterocycles. The Morgan fingerprint density at radius 2 is 2.00 bits per heavy atom. The highest BCUT2D eigenvalue weighted by Gasteiger charge is 2.17. The zero-order valence-corrected chi connectivity index (χ0v) is 7.33. The highest BCUT2D eigenvalue weighted by atomic mass is 16.3. The second-order valence-corrected chi connectivity index (χ2v) is 2.79. The van der Waals surface area contributed by atoms with Gasteiger partial charge in [-0.1, -0.05) is 19.1 Å². The van der Waals surface area contributed by atoms with E-state index in [0.717, 1.165) is 0 Å². The molecule has 0 aromatic heterocycles. The molecule has 0 aliphatic carbocycles. The van der Waals surface area contributed by atoms with Crippen molar-refractivity contribution in [1.29, 1.82) is 0 Å². The molecule has 64 valence electrons. The van der Waals surface area contributed by atoms with E-state index in [2.05, 4.69) is 6.58 Å². The maximum atomic E-state index is 9.40. The van der Waals surface area contributed by atoms with Crippen LogP contribution in [0.4, 0.5) is 0 Å². The summed E-state index contributed by atoms with van der Waals surface area (Å²) in [5.74, 6) is -0.0435. The third-order valence-corrected chi connectivity index (χ3v) is 1.74. The van der Waals surface area contributed by atoms with Gasteiger partial charge in [-0.15, -0.1) is 0 Å². The predicted octanol–water partition coefficient (Wildman–Crippen LogP) is 2.02. The van der Waals surface area contributed by atoms with Crippen LogP contribution < -0.4 is 0 Å². The van der Waals surface area contributed by atoms with Crippen LogP contribution in [0.1, 0.15) is 20.8 Å². The van der Waals surface area contributed by atoms with Crippen molar-refractivity contribution in [2.24, 2.45) is 5.92 Å². The minimum Gasteiger partial charge on any atom is -0.512 e. The molecule has 2 atom stereocenters. The summed E-state index contributed by atoms with van der Waals surface area (Å²) in [6.07, 6.45) is 0.933. The maximum absolute atomic E-state index is 9.40. The van der Waals surface area contributed by atoms with Crippen molar-refractivity contribution in [2.45, 2.75) is 26.9 Å². The van der Waals surface area contributed by atoms with Crippen LogP contribution in [0, 0.1) is 5.92 Å². The lowest BCUT2D eigenvalue weighted by atomic mass is 9.97. The van der Waals surface area contributed by atoms with E-state index in [1.54, 1.807) is 26.8 Å². The van der Waals surface area contributed by atoms with E-state index in [1.165, 1.54) is 0 Å². The van der Waals surface area contributed by atoms with Gasteiger partial charge >= 0.3 is 0 Å². The van der Waals surface area contributed by atoms with Gasteiger partial charge in [-0.05, 0) is 19.9 Å². The average Bonchev–Trinajstić information content (AvgIpc) is 2.00. The molecule has 2 N–H and O–H groups in total. The summed E-state index contributed by atoms with van der Waals surface area (Å²) in [7, 11) is 0. The molecule has 0 rings (SSSR count). The fourth-order valence-electron chi connectivity index (χ4n) is 0.851. The van der Waals surface area contributed by atoms with Gasteiger partial charge < -0.3 is 10.2 Å². The van der Waals surface area contributed by atoms with Crippen molar-refractivity contribution in [2.75, 3.05) is 0 Å². The first kappa shape index (κ1) is 10.2. The summed E-state index contributed by atoms with van der Waals surface area (Å²) in [5, 5.41) is 18.6. The average molecular weight is 156 g/mol.